The van der Waals surface area contributed by atoms with Crippen LogP contribution >= 0.6 is 15.9 Å². The predicted octanol–water partition coefficient (Wildman–Crippen LogP) is 7.00. The minimum Gasteiger partial charge on any atom is -0.354 e. The number of fused-ring (bicyclic) bond motifs is 3. The molecule has 4 aromatic carbocycles. The van der Waals surface area contributed by atoms with E-state index in [0.29, 0.717) is 0 Å². The lowest BCUT2D eigenvalue weighted by Gasteiger charge is -1.99. The second-order valence-electron chi connectivity index (χ2n) is 6.39. The minimum atomic E-state index is 0.0752. The van der Waals surface area contributed by atoms with Gasteiger partial charge in [0, 0.05) is 31.9 Å². The number of nitrogens with one attached hydrogen (secondary N) is 1. The third kappa shape index (κ3) is 3.75. The average Bonchev–Trinajstić information content (AvgIpc) is 3.15. The highest BCUT2D eigenvalue weighted by molar-refractivity contribution is 9.10. The fourth-order valence-electron chi connectivity index (χ4n) is 3.18. The van der Waals surface area contributed by atoms with Gasteiger partial charge < -0.3 is 4.98 Å². The number of carbonyl (C=O) groups excluding carboxylic acids is 1. The Morgan fingerprint density at radius 3 is 1.79 bits per heavy atom. The van der Waals surface area contributed by atoms with Gasteiger partial charge in [-0.1, -0.05) is 91.0 Å². The number of hydrogen-bond acceptors (Lipinski definition) is 1. The molecule has 2 nitrogen and oxygen atoms in total. The first-order valence-corrected chi connectivity index (χ1v) is 9.83. The molecule has 0 atom stereocenters. The molecule has 0 aliphatic rings. The lowest BCUT2D eigenvalue weighted by molar-refractivity contribution is 0.103. The number of ketones is 1. The van der Waals surface area contributed by atoms with Gasteiger partial charge in [0.15, 0.2) is 5.78 Å². The van der Waals surface area contributed by atoms with E-state index in [1.54, 1.807) is 0 Å². The molecule has 0 fully saturated rings. The topological polar surface area (TPSA) is 32.9 Å². The van der Waals surface area contributed by atoms with Crippen LogP contribution < -0.4 is 0 Å². The van der Waals surface area contributed by atoms with Crippen LogP contribution in [0.3, 0.4) is 0 Å². The molecule has 0 bridgehead atoms. The Morgan fingerprint density at radius 1 is 0.607 bits per heavy atom. The van der Waals surface area contributed by atoms with Crippen LogP contribution in [0, 0.1) is 0 Å². The highest BCUT2D eigenvalue weighted by atomic mass is 79.9. The summed E-state index contributed by atoms with van der Waals surface area (Å²) in [5.41, 5.74) is 3.83. The highest BCUT2D eigenvalue weighted by Gasteiger charge is 2.06. The summed E-state index contributed by atoms with van der Waals surface area (Å²) in [6.45, 7) is 0. The molecule has 136 valence electrons. The zero-order valence-corrected chi connectivity index (χ0v) is 16.7. The molecule has 1 heterocycles. The Balaban J connectivity index is 0.000000137. The zero-order valence-electron chi connectivity index (χ0n) is 15.1. The maximum Gasteiger partial charge on any atom is 0.193 e. The van der Waals surface area contributed by atoms with E-state index in [-0.39, 0.29) is 5.78 Å². The smallest absolute Gasteiger partial charge is 0.193 e. The van der Waals surface area contributed by atoms with Crippen molar-refractivity contribution in [3.05, 3.63) is 119 Å². The van der Waals surface area contributed by atoms with E-state index < -0.39 is 0 Å². The predicted molar refractivity (Wildman–Crippen MR) is 120 cm³/mol. The molecule has 0 unspecified atom stereocenters. The third-order valence-corrected chi connectivity index (χ3v) is 5.22. The minimum absolute atomic E-state index is 0.0752. The number of aromatic amines is 1. The first-order chi connectivity index (χ1) is 13.7. The van der Waals surface area contributed by atoms with E-state index in [9.17, 15) is 4.79 Å². The molecule has 0 aliphatic heterocycles. The summed E-state index contributed by atoms with van der Waals surface area (Å²) in [7, 11) is 0. The average molecular weight is 428 g/mol. The van der Waals surface area contributed by atoms with Gasteiger partial charge in [0.25, 0.3) is 0 Å². The van der Waals surface area contributed by atoms with Gasteiger partial charge in [0.05, 0.1) is 5.52 Å². The molecule has 0 spiro atoms. The Hall–Kier alpha value is -3.17. The van der Waals surface area contributed by atoms with E-state index in [1.807, 2.05) is 66.7 Å². The van der Waals surface area contributed by atoms with E-state index in [2.05, 4.69) is 57.3 Å². The van der Waals surface area contributed by atoms with Gasteiger partial charge in [0.1, 0.15) is 0 Å². The number of hydrogen-bond donors (Lipinski definition) is 1. The second kappa shape index (κ2) is 8.24. The molecule has 5 rings (SSSR count). The maximum atomic E-state index is 11.8. The number of aromatic nitrogens is 1. The summed E-state index contributed by atoms with van der Waals surface area (Å²) in [5.74, 6) is 0.0752. The normalized spacial score (nSPS) is 10.5. The van der Waals surface area contributed by atoms with Crippen molar-refractivity contribution in [2.75, 3.05) is 0 Å². The van der Waals surface area contributed by atoms with Gasteiger partial charge >= 0.3 is 0 Å². The fraction of sp³-hybridized carbons (Fsp3) is 0. The molecule has 0 saturated heterocycles. The highest BCUT2D eigenvalue weighted by Crippen LogP contribution is 2.29. The summed E-state index contributed by atoms with van der Waals surface area (Å²) in [6.07, 6.45) is 0. The first kappa shape index (κ1) is 18.2. The Labute approximate surface area is 172 Å². The molecular formula is C25H18BrNO. The number of halogens is 1. The van der Waals surface area contributed by atoms with Gasteiger partial charge in [-0.25, -0.2) is 0 Å². The van der Waals surface area contributed by atoms with Crippen molar-refractivity contribution in [3.8, 4) is 0 Å². The SMILES string of the molecule is Brc1cccc2c1[nH]c1ccccc12.O=C(c1ccccc1)c1ccccc1. The van der Waals surface area contributed by atoms with Gasteiger partial charge in [-0.2, -0.15) is 0 Å². The third-order valence-electron chi connectivity index (χ3n) is 4.56. The second-order valence-corrected chi connectivity index (χ2v) is 7.25. The number of H-pyrrole nitrogens is 1. The Bertz CT molecular complexity index is 1190. The van der Waals surface area contributed by atoms with Gasteiger partial charge in [0.2, 0.25) is 0 Å². The van der Waals surface area contributed by atoms with Crippen LogP contribution in [0.5, 0.6) is 0 Å². The van der Waals surface area contributed by atoms with Crippen molar-refractivity contribution in [3.63, 3.8) is 0 Å². The molecule has 3 heteroatoms. The Kier molecular flexibility index (Phi) is 5.36. The zero-order chi connectivity index (χ0) is 19.3. The summed E-state index contributed by atoms with van der Waals surface area (Å²) < 4.78 is 1.12. The molecule has 5 aromatic rings. The molecule has 28 heavy (non-hydrogen) atoms. The summed E-state index contributed by atoms with van der Waals surface area (Å²) >= 11 is 3.54. The standard InChI is InChI=1S/C13H10O.C12H8BrN/c14-13(11-7-3-1-4-8-11)12-9-5-2-6-10-12;13-10-6-3-5-9-8-4-1-2-7-11(8)14-12(9)10/h1-10H;1-7,14H. The van der Waals surface area contributed by atoms with E-state index in [4.69, 9.17) is 0 Å². The van der Waals surface area contributed by atoms with Gasteiger partial charge in [-0.15, -0.1) is 0 Å². The van der Waals surface area contributed by atoms with E-state index in [1.165, 1.54) is 21.8 Å². The van der Waals surface area contributed by atoms with Crippen LogP contribution in [0.25, 0.3) is 21.8 Å². The van der Waals surface area contributed by atoms with Crippen molar-refractivity contribution < 1.29 is 4.79 Å². The van der Waals surface area contributed by atoms with Crippen LogP contribution in [0.1, 0.15) is 15.9 Å². The molecular weight excluding hydrogens is 410 g/mol. The molecule has 0 radical (unpaired) electrons. The quantitative estimate of drug-likeness (QED) is 0.302. The van der Waals surface area contributed by atoms with Crippen LogP contribution in [0.4, 0.5) is 0 Å². The van der Waals surface area contributed by atoms with Gasteiger partial charge in [-0.05, 0) is 28.1 Å². The molecule has 0 amide bonds. The van der Waals surface area contributed by atoms with Gasteiger partial charge in [-0.3, -0.25) is 4.79 Å². The lowest BCUT2D eigenvalue weighted by Crippen LogP contribution is -1.99. The van der Waals surface area contributed by atoms with Crippen LogP contribution in [-0.2, 0) is 0 Å². The molecule has 1 N–H and O–H groups in total. The lowest BCUT2D eigenvalue weighted by atomic mass is 10.0. The van der Waals surface area contributed by atoms with Crippen molar-refractivity contribution in [1.82, 2.24) is 4.98 Å². The van der Waals surface area contributed by atoms with Crippen molar-refractivity contribution in [2.24, 2.45) is 0 Å². The first-order valence-electron chi connectivity index (χ1n) is 9.04. The maximum absolute atomic E-state index is 11.8. The molecule has 0 saturated carbocycles. The summed E-state index contributed by atoms with van der Waals surface area (Å²) in [6, 6.07) is 33.2. The van der Waals surface area contributed by atoms with E-state index >= 15 is 0 Å². The van der Waals surface area contributed by atoms with Crippen molar-refractivity contribution >= 4 is 43.5 Å². The van der Waals surface area contributed by atoms with Crippen LogP contribution in [0.2, 0.25) is 0 Å². The largest absolute Gasteiger partial charge is 0.354 e. The van der Waals surface area contributed by atoms with Crippen LogP contribution in [0.15, 0.2) is 108 Å². The number of carbonyl (C=O) groups is 1. The Morgan fingerprint density at radius 2 is 1.14 bits per heavy atom. The summed E-state index contributed by atoms with van der Waals surface area (Å²) in [5, 5.41) is 2.55. The molecule has 1 aromatic heterocycles. The van der Waals surface area contributed by atoms with Crippen LogP contribution in [-0.4, -0.2) is 10.8 Å². The summed E-state index contributed by atoms with van der Waals surface area (Å²) in [4.78, 5) is 15.2. The molecule has 0 aliphatic carbocycles. The van der Waals surface area contributed by atoms with Crippen molar-refractivity contribution in [2.45, 2.75) is 0 Å². The number of rotatable bonds is 2. The fourth-order valence-corrected chi connectivity index (χ4v) is 3.65. The number of para-hydroxylation sites is 2. The van der Waals surface area contributed by atoms with E-state index in [0.717, 1.165) is 15.6 Å². The monoisotopic (exact) mass is 427 g/mol. The van der Waals surface area contributed by atoms with Crippen molar-refractivity contribution in [1.29, 1.82) is 0 Å². The number of benzene rings is 4.